The summed E-state index contributed by atoms with van der Waals surface area (Å²) < 4.78 is 1.24. The Kier molecular flexibility index (Phi) is 9.12. The van der Waals surface area contributed by atoms with Crippen LogP contribution in [0.1, 0.15) is 0 Å². The van der Waals surface area contributed by atoms with Gasteiger partial charge in [0.05, 0.1) is 0 Å². The molecule has 0 fully saturated rings. The molecular weight excluding hydrogens is 608 g/mol. The Balaban J connectivity index is 2.00. The molecule has 42 heavy (non-hydrogen) atoms. The largest absolute Gasteiger partial charge is 0.155 e. The minimum atomic E-state index is -2.61. The number of rotatable bonds is 8. The van der Waals surface area contributed by atoms with Crippen molar-refractivity contribution in [2.24, 2.45) is 0 Å². The predicted molar refractivity (Wildman–Crippen MR) is 194 cm³/mol. The van der Waals surface area contributed by atoms with Crippen LogP contribution in [0.3, 0.4) is 0 Å². The van der Waals surface area contributed by atoms with Crippen molar-refractivity contribution in [2.75, 3.05) is 0 Å². The molecule has 0 spiro atoms. The fourth-order valence-electron chi connectivity index (χ4n) is 5.95. The van der Waals surface area contributed by atoms with Crippen LogP contribution in [0, 0.1) is 0 Å². The van der Waals surface area contributed by atoms with Gasteiger partial charge in [-0.1, -0.05) is 168 Å². The van der Waals surface area contributed by atoms with Gasteiger partial charge in [-0.25, -0.2) is 0 Å². The quantitative estimate of drug-likeness (QED) is 0.146. The molecule has 6 aromatic rings. The van der Waals surface area contributed by atoms with Gasteiger partial charge in [-0.05, 0) is 52.3 Å². The van der Waals surface area contributed by atoms with E-state index in [0.29, 0.717) is 0 Å². The van der Waals surface area contributed by atoms with E-state index in [1.54, 1.807) is 0 Å². The Hall–Kier alpha value is -2.94. The van der Waals surface area contributed by atoms with E-state index in [9.17, 15) is 0 Å². The number of hydrogen-bond acceptors (Lipinski definition) is 0. The number of halogens is 2. The summed E-state index contributed by atoms with van der Waals surface area (Å²) >= 11 is 15.1. The van der Waals surface area contributed by atoms with Crippen molar-refractivity contribution >= 4 is 79.9 Å². The van der Waals surface area contributed by atoms with E-state index < -0.39 is 20.8 Å². The second-order valence-electron chi connectivity index (χ2n) is 9.89. The van der Waals surface area contributed by atoms with Gasteiger partial charge in [-0.15, -0.1) is 0 Å². The normalized spacial score (nSPS) is 11.8. The summed E-state index contributed by atoms with van der Waals surface area (Å²) in [6.45, 7) is -4.23. The van der Waals surface area contributed by atoms with Crippen LogP contribution in [-0.2, 0) is 0 Å². The van der Waals surface area contributed by atoms with Crippen LogP contribution in [0.2, 0.25) is 0 Å². The maximum absolute atomic E-state index is 7.56. The van der Waals surface area contributed by atoms with Crippen LogP contribution in [0.4, 0.5) is 0 Å². The summed E-state index contributed by atoms with van der Waals surface area (Å²) in [6.07, 6.45) is 0. The van der Waals surface area contributed by atoms with E-state index in [1.807, 2.05) is 0 Å². The zero-order valence-electron chi connectivity index (χ0n) is 22.9. The fraction of sp³-hybridized carbons (Fsp3) is 0. The molecule has 206 valence electrons. The Morgan fingerprint density at radius 1 is 0.381 bits per heavy atom. The fourth-order valence-corrected chi connectivity index (χ4v) is 24.7. The summed E-state index contributed by atoms with van der Waals surface area (Å²) in [6, 6.07) is 65.6. The summed E-state index contributed by atoms with van der Waals surface area (Å²) in [5.74, 6) is 0. The molecule has 0 aliphatic rings. The second kappa shape index (κ2) is 13.1. The molecule has 0 bridgehead atoms. The standard InChI is InChI=1S/C37H30Cl2P3/c38-40(39)37(41(31-19-7-1-8-20-31,32-21-9-2-10-22-32)33-23-11-3-12-24-33)42(34-25-13-4-14-26-34,35-27-15-5-16-28-35)36-29-17-6-18-30-36/h1-30H/q+1. The first-order chi connectivity index (χ1) is 20.7. The SMILES string of the molecule is ClP(Cl)C(=P(c1ccccc1)(c1ccccc1)c1ccccc1)[P+](c1ccccc1)(c1ccccc1)c1ccccc1. The molecule has 0 saturated carbocycles. The molecule has 0 radical (unpaired) electrons. The molecule has 0 aliphatic heterocycles. The average Bonchev–Trinajstić information content (AvgIpc) is 3.07. The summed E-state index contributed by atoms with van der Waals surface area (Å²) in [4.78, 5) is 0. The van der Waals surface area contributed by atoms with E-state index in [1.165, 1.54) is 36.6 Å². The smallest absolute Gasteiger partial charge is 0.0689 e. The predicted octanol–water partition coefficient (Wildman–Crippen LogP) is 8.85. The number of hydrogen-bond donors (Lipinski definition) is 0. The van der Waals surface area contributed by atoms with E-state index in [2.05, 4.69) is 182 Å². The molecule has 0 aromatic heterocycles. The van der Waals surface area contributed by atoms with Crippen molar-refractivity contribution in [1.82, 2.24) is 0 Å². The van der Waals surface area contributed by atoms with Gasteiger partial charge in [-0.3, -0.25) is 0 Å². The van der Waals surface area contributed by atoms with Crippen molar-refractivity contribution in [3.05, 3.63) is 182 Å². The molecule has 0 amide bonds. The molecule has 5 heteroatoms. The Bertz CT molecular complexity index is 1580. The lowest BCUT2D eigenvalue weighted by Gasteiger charge is -2.38. The van der Waals surface area contributed by atoms with Crippen molar-refractivity contribution < 1.29 is 0 Å². The molecule has 0 aliphatic carbocycles. The molecule has 0 atom stereocenters. The lowest BCUT2D eigenvalue weighted by molar-refractivity contribution is 1.73. The maximum atomic E-state index is 7.56. The molecule has 0 N–H and O–H groups in total. The highest BCUT2D eigenvalue weighted by molar-refractivity contribution is 8.41. The summed E-state index contributed by atoms with van der Waals surface area (Å²) in [5.41, 5.74) is 0. The van der Waals surface area contributed by atoms with Crippen LogP contribution in [0.25, 0.3) is 0 Å². The molecule has 6 aromatic carbocycles. The second-order valence-corrected chi connectivity index (χ2v) is 21.1. The Morgan fingerprint density at radius 3 is 0.857 bits per heavy atom. The highest BCUT2D eigenvalue weighted by Crippen LogP contribution is 2.76. The molecule has 0 nitrogen and oxygen atoms in total. The van der Waals surface area contributed by atoms with E-state index in [-0.39, 0.29) is 0 Å². The molecular formula is C37H30Cl2P3+. The zero-order valence-corrected chi connectivity index (χ0v) is 27.1. The van der Waals surface area contributed by atoms with Crippen molar-refractivity contribution in [3.63, 3.8) is 0 Å². The van der Waals surface area contributed by atoms with Crippen molar-refractivity contribution in [1.29, 1.82) is 0 Å². The highest BCUT2D eigenvalue weighted by Gasteiger charge is 2.56. The summed E-state index contributed by atoms with van der Waals surface area (Å²) in [7, 11) is -2.61. The first-order valence-electron chi connectivity index (χ1n) is 13.8. The van der Waals surface area contributed by atoms with Crippen molar-refractivity contribution in [2.45, 2.75) is 0 Å². The third-order valence-electron chi connectivity index (χ3n) is 7.61. The zero-order chi connectivity index (χ0) is 28.8. The van der Waals surface area contributed by atoms with Crippen LogP contribution >= 0.6 is 43.3 Å². The van der Waals surface area contributed by atoms with Gasteiger partial charge in [-0.2, -0.15) is 0 Å². The molecule has 6 rings (SSSR count). The van der Waals surface area contributed by atoms with Gasteiger partial charge in [0.25, 0.3) is 0 Å². The minimum absolute atomic E-state index is 1.24. The Morgan fingerprint density at radius 2 is 0.619 bits per heavy atom. The van der Waals surface area contributed by atoms with Crippen LogP contribution in [-0.4, -0.2) is 4.78 Å². The van der Waals surface area contributed by atoms with Gasteiger partial charge in [0, 0.05) is 6.89 Å². The van der Waals surface area contributed by atoms with Gasteiger partial charge >= 0.3 is 0 Å². The van der Waals surface area contributed by atoms with Gasteiger partial charge in [0.2, 0.25) is 0 Å². The topological polar surface area (TPSA) is 0 Å². The van der Waals surface area contributed by atoms with Crippen LogP contribution in [0.5, 0.6) is 0 Å². The highest BCUT2D eigenvalue weighted by atomic mass is 35.9. The number of benzene rings is 6. The van der Waals surface area contributed by atoms with Gasteiger partial charge in [0.15, 0.2) is 6.63 Å². The third-order valence-corrected chi connectivity index (χ3v) is 22.8. The summed E-state index contributed by atoms with van der Waals surface area (Å²) in [5, 5.41) is 7.49. The van der Waals surface area contributed by atoms with E-state index >= 15 is 0 Å². The lowest BCUT2D eigenvalue weighted by Crippen LogP contribution is -2.39. The minimum Gasteiger partial charge on any atom is -0.0689 e. The molecule has 0 heterocycles. The molecule has 0 saturated heterocycles. The first-order valence-corrected chi connectivity index (χ1v) is 20.5. The van der Waals surface area contributed by atoms with Crippen LogP contribution < -0.4 is 31.8 Å². The van der Waals surface area contributed by atoms with Gasteiger partial charge in [0.1, 0.15) is 28.0 Å². The van der Waals surface area contributed by atoms with Crippen molar-refractivity contribution in [3.8, 4) is 0 Å². The maximum Gasteiger partial charge on any atom is 0.155 e. The third kappa shape index (κ3) is 5.12. The van der Waals surface area contributed by atoms with E-state index in [0.717, 1.165) is 0 Å². The Labute approximate surface area is 260 Å². The lowest BCUT2D eigenvalue weighted by atomic mass is 10.4. The van der Waals surface area contributed by atoms with Gasteiger partial charge < -0.3 is 0 Å². The van der Waals surface area contributed by atoms with Crippen LogP contribution in [0.15, 0.2) is 182 Å². The van der Waals surface area contributed by atoms with E-state index in [4.69, 9.17) is 22.5 Å². The first kappa shape index (κ1) is 29.1. The average molecular weight is 638 g/mol. The molecule has 0 unspecified atom stereocenters. The monoisotopic (exact) mass is 637 g/mol.